The van der Waals surface area contributed by atoms with Crippen LogP contribution in [-0.2, 0) is 17.8 Å². The molecule has 1 fully saturated rings. The minimum Gasteiger partial charge on any atom is -0.444 e. The Morgan fingerprint density at radius 3 is 2.56 bits per heavy atom. The molecule has 1 aliphatic rings. The van der Waals surface area contributed by atoms with Crippen LogP contribution in [0.5, 0.6) is 0 Å². The van der Waals surface area contributed by atoms with E-state index in [-0.39, 0.29) is 18.6 Å². The van der Waals surface area contributed by atoms with E-state index in [2.05, 4.69) is 10.4 Å². The summed E-state index contributed by atoms with van der Waals surface area (Å²) in [5.41, 5.74) is 0.502. The van der Waals surface area contributed by atoms with Gasteiger partial charge in [-0.05, 0) is 45.6 Å². The van der Waals surface area contributed by atoms with Crippen molar-refractivity contribution in [1.82, 2.24) is 20.0 Å². The van der Waals surface area contributed by atoms with Crippen molar-refractivity contribution in [3.05, 3.63) is 17.5 Å². The zero-order valence-electron chi connectivity index (χ0n) is 15.6. The molecule has 0 aromatic carbocycles. The molecule has 0 radical (unpaired) electrons. The topological polar surface area (TPSA) is 96.7 Å². The molecule has 1 aliphatic carbocycles. The number of rotatable bonds is 5. The quantitative estimate of drug-likeness (QED) is 0.834. The van der Waals surface area contributed by atoms with E-state index >= 15 is 0 Å². The second-order valence-corrected chi connectivity index (χ2v) is 7.75. The van der Waals surface area contributed by atoms with Crippen molar-refractivity contribution in [1.29, 1.82) is 0 Å². The summed E-state index contributed by atoms with van der Waals surface area (Å²) in [6.07, 6.45) is 0.706. The maximum Gasteiger partial charge on any atom is 0.407 e. The van der Waals surface area contributed by atoms with Crippen molar-refractivity contribution in [3.63, 3.8) is 0 Å². The molecule has 0 unspecified atom stereocenters. The molecule has 1 aromatic rings. The zero-order chi connectivity index (χ0) is 18.8. The van der Waals surface area contributed by atoms with E-state index in [1.807, 2.05) is 0 Å². The molecule has 0 bridgehead atoms. The van der Waals surface area contributed by atoms with Gasteiger partial charge in [-0.2, -0.15) is 5.10 Å². The van der Waals surface area contributed by atoms with E-state index in [0.29, 0.717) is 18.2 Å². The number of nitrogens with zero attached hydrogens (tertiary/aromatic N) is 3. The van der Waals surface area contributed by atoms with Gasteiger partial charge in [-0.15, -0.1) is 0 Å². The number of aliphatic hydroxyl groups excluding tert-OH is 1. The Balaban J connectivity index is 2.07. The second kappa shape index (κ2) is 7.43. The van der Waals surface area contributed by atoms with Crippen LogP contribution >= 0.6 is 0 Å². The number of alkyl carbamates (subject to hydrolysis) is 1. The molecular weight excluding hydrogens is 324 g/mol. The number of ether oxygens (including phenoxy) is 1. The third-order valence-electron chi connectivity index (χ3n) is 3.94. The Bertz CT molecular complexity index is 627. The van der Waals surface area contributed by atoms with Crippen molar-refractivity contribution < 1.29 is 19.4 Å². The maximum absolute atomic E-state index is 12.2. The molecule has 8 nitrogen and oxygen atoms in total. The van der Waals surface area contributed by atoms with Gasteiger partial charge in [0.1, 0.15) is 5.60 Å². The van der Waals surface area contributed by atoms with Crippen LogP contribution < -0.4 is 5.32 Å². The first kappa shape index (κ1) is 19.2. The van der Waals surface area contributed by atoms with E-state index in [0.717, 1.165) is 18.5 Å². The van der Waals surface area contributed by atoms with E-state index < -0.39 is 11.7 Å². The largest absolute Gasteiger partial charge is 0.444 e. The number of carbonyl (C=O) groups is 2. The third-order valence-corrected chi connectivity index (χ3v) is 3.94. The number of carbonyl (C=O) groups excluding carboxylic acids is 2. The average Bonchev–Trinajstić information content (AvgIpc) is 2.83. The van der Waals surface area contributed by atoms with Gasteiger partial charge in [0.25, 0.3) is 5.91 Å². The highest BCUT2D eigenvalue weighted by molar-refractivity contribution is 5.92. The highest BCUT2D eigenvalue weighted by atomic mass is 16.6. The summed E-state index contributed by atoms with van der Waals surface area (Å²) in [5.74, 6) is 0.142. The first-order chi connectivity index (χ1) is 11.5. The highest BCUT2D eigenvalue weighted by Gasteiger charge is 2.29. The van der Waals surface area contributed by atoms with Crippen LogP contribution in [0, 0.1) is 5.92 Å². The number of hydrogen-bond donors (Lipinski definition) is 2. The highest BCUT2D eigenvalue weighted by Crippen LogP contribution is 2.29. The normalized spacial score (nSPS) is 19.9. The predicted octanol–water partition coefficient (Wildman–Crippen LogP) is 1.38. The van der Waals surface area contributed by atoms with E-state index in [4.69, 9.17) is 4.74 Å². The predicted molar refractivity (Wildman–Crippen MR) is 92.0 cm³/mol. The molecule has 0 spiro atoms. The molecule has 25 heavy (non-hydrogen) atoms. The van der Waals surface area contributed by atoms with Crippen molar-refractivity contribution in [3.8, 4) is 0 Å². The van der Waals surface area contributed by atoms with Gasteiger partial charge < -0.3 is 20.1 Å². The smallest absolute Gasteiger partial charge is 0.407 e. The Hall–Kier alpha value is -2.09. The summed E-state index contributed by atoms with van der Waals surface area (Å²) < 4.78 is 6.97. The van der Waals surface area contributed by atoms with Gasteiger partial charge >= 0.3 is 6.09 Å². The van der Waals surface area contributed by atoms with Crippen molar-refractivity contribution in [2.45, 2.75) is 58.4 Å². The maximum atomic E-state index is 12.2. The summed E-state index contributed by atoms with van der Waals surface area (Å²) in [4.78, 5) is 25.5. The molecule has 1 saturated carbocycles. The fourth-order valence-electron chi connectivity index (χ4n) is 2.66. The van der Waals surface area contributed by atoms with E-state index in [1.54, 1.807) is 45.6 Å². The second-order valence-electron chi connectivity index (χ2n) is 7.75. The van der Waals surface area contributed by atoms with Gasteiger partial charge in [-0.3, -0.25) is 9.48 Å². The van der Waals surface area contributed by atoms with Crippen LogP contribution in [0.15, 0.2) is 6.07 Å². The zero-order valence-corrected chi connectivity index (χ0v) is 15.6. The minimum absolute atomic E-state index is 0.189. The average molecular weight is 352 g/mol. The summed E-state index contributed by atoms with van der Waals surface area (Å²) in [7, 11) is 3.34. The van der Waals surface area contributed by atoms with Crippen LogP contribution in [0.1, 0.15) is 49.8 Å². The van der Waals surface area contributed by atoms with Crippen LogP contribution in [0.3, 0.4) is 0 Å². The fraction of sp³-hybridized carbons (Fsp3) is 0.706. The van der Waals surface area contributed by atoms with Gasteiger partial charge in [0, 0.05) is 20.6 Å². The van der Waals surface area contributed by atoms with Gasteiger partial charge in [0.2, 0.25) is 0 Å². The Morgan fingerprint density at radius 2 is 2.04 bits per heavy atom. The fourth-order valence-corrected chi connectivity index (χ4v) is 2.66. The molecular formula is C17H28N4O4. The number of amides is 2. The molecule has 2 rings (SSSR count). The minimum atomic E-state index is -0.571. The lowest BCUT2D eigenvalue weighted by atomic mass is 9.82. The van der Waals surface area contributed by atoms with Crippen LogP contribution in [0.4, 0.5) is 4.79 Å². The first-order valence-electron chi connectivity index (χ1n) is 8.48. The number of hydrogen-bond acceptors (Lipinski definition) is 5. The van der Waals surface area contributed by atoms with Crippen molar-refractivity contribution in [2.24, 2.45) is 5.92 Å². The molecule has 1 aromatic heterocycles. The first-order valence-corrected chi connectivity index (χ1v) is 8.48. The van der Waals surface area contributed by atoms with Gasteiger partial charge in [-0.25, -0.2) is 4.79 Å². The van der Waals surface area contributed by atoms with Crippen LogP contribution in [0.2, 0.25) is 0 Å². The number of aliphatic hydroxyl groups is 1. The lowest BCUT2D eigenvalue weighted by molar-refractivity contribution is 0.0330. The van der Waals surface area contributed by atoms with Crippen LogP contribution in [-0.4, -0.2) is 57.6 Å². The van der Waals surface area contributed by atoms with Gasteiger partial charge in [-0.1, -0.05) is 0 Å². The summed E-state index contributed by atoms with van der Waals surface area (Å²) in [6.45, 7) is 6.23. The van der Waals surface area contributed by atoms with E-state index in [9.17, 15) is 14.7 Å². The van der Waals surface area contributed by atoms with Crippen molar-refractivity contribution in [2.75, 3.05) is 14.1 Å². The van der Waals surface area contributed by atoms with E-state index in [1.165, 1.54) is 4.90 Å². The van der Waals surface area contributed by atoms with Crippen LogP contribution in [0.25, 0.3) is 0 Å². The van der Waals surface area contributed by atoms with Crippen molar-refractivity contribution >= 4 is 12.0 Å². The van der Waals surface area contributed by atoms with Gasteiger partial charge in [0.15, 0.2) is 5.69 Å². The molecule has 0 aliphatic heterocycles. The summed E-state index contributed by atoms with van der Waals surface area (Å²) in [5, 5.41) is 16.5. The molecule has 1 heterocycles. The Morgan fingerprint density at radius 1 is 1.40 bits per heavy atom. The molecule has 140 valence electrons. The lowest BCUT2D eigenvalue weighted by Crippen LogP contribution is -2.34. The lowest BCUT2D eigenvalue weighted by Gasteiger charge is -2.31. The molecule has 0 saturated heterocycles. The monoisotopic (exact) mass is 352 g/mol. The summed E-state index contributed by atoms with van der Waals surface area (Å²) >= 11 is 0. The number of nitrogens with one attached hydrogen (secondary N) is 1. The molecule has 8 heteroatoms. The third kappa shape index (κ3) is 5.45. The molecule has 2 amide bonds. The SMILES string of the molecule is CN(C)C(=O)c1cc(CNC(=O)OC(C)(C)C)n(CC2CC(O)C2)n1. The molecule has 2 N–H and O–H groups in total. The molecule has 0 atom stereocenters. The number of aromatic nitrogens is 2. The summed E-state index contributed by atoms with van der Waals surface area (Å²) in [6, 6.07) is 1.69. The Labute approximate surface area is 148 Å². The Kier molecular flexibility index (Phi) is 5.72. The standard InChI is InChI=1S/C17H28N4O4/c1-17(2,3)25-16(24)18-9-12-8-14(15(23)20(4)5)19-21(12)10-11-6-13(22)7-11/h8,11,13,22H,6-7,9-10H2,1-5H3,(H,18,24). The van der Waals surface area contributed by atoms with Gasteiger partial charge in [0.05, 0.1) is 18.3 Å².